The van der Waals surface area contributed by atoms with Gasteiger partial charge < -0.3 is 9.47 Å². The van der Waals surface area contributed by atoms with Crippen molar-refractivity contribution >= 4 is 12.4 Å². The van der Waals surface area contributed by atoms with Gasteiger partial charge in [0, 0.05) is 6.92 Å². The maximum atomic E-state index is 11.1. The summed E-state index contributed by atoms with van der Waals surface area (Å²) in [6, 6.07) is 0. The molecule has 1 unspecified atom stereocenters. The van der Waals surface area contributed by atoms with Crippen LogP contribution in [0.3, 0.4) is 0 Å². The van der Waals surface area contributed by atoms with Crippen molar-refractivity contribution in [1.82, 2.24) is 0 Å². The van der Waals surface area contributed by atoms with E-state index in [2.05, 4.69) is 4.74 Å². The standard InChI is InChI=1S/C8H13O4/c1-6(11-5-9)12-7(10)8(2,3)4/h6H,1-4H3. The molecule has 4 heteroatoms. The van der Waals surface area contributed by atoms with Crippen LogP contribution in [0, 0.1) is 5.41 Å². The summed E-state index contributed by atoms with van der Waals surface area (Å²) in [5.74, 6) is -0.412. The van der Waals surface area contributed by atoms with Gasteiger partial charge >= 0.3 is 12.4 Å². The molecule has 12 heavy (non-hydrogen) atoms. The molecular formula is C8H13O4. The molecule has 0 fully saturated rings. The molecule has 0 bridgehead atoms. The zero-order valence-corrected chi connectivity index (χ0v) is 7.71. The Balaban J connectivity index is 3.92. The maximum Gasteiger partial charge on any atom is 0.420 e. The van der Waals surface area contributed by atoms with E-state index in [1.807, 2.05) is 0 Å². The summed E-state index contributed by atoms with van der Waals surface area (Å²) in [6.45, 7) is 7.79. The second-order valence-corrected chi connectivity index (χ2v) is 3.42. The summed E-state index contributed by atoms with van der Waals surface area (Å²) in [4.78, 5) is 20.8. The molecule has 0 aromatic rings. The monoisotopic (exact) mass is 173 g/mol. The molecule has 0 saturated carbocycles. The van der Waals surface area contributed by atoms with Crippen LogP contribution in [0.5, 0.6) is 0 Å². The van der Waals surface area contributed by atoms with Crippen molar-refractivity contribution < 1.29 is 19.1 Å². The molecule has 0 aromatic carbocycles. The molecular weight excluding hydrogens is 160 g/mol. The summed E-state index contributed by atoms with van der Waals surface area (Å²) in [7, 11) is 0. The smallest absolute Gasteiger partial charge is 0.420 e. The molecule has 0 aliphatic heterocycles. The van der Waals surface area contributed by atoms with E-state index in [1.165, 1.54) is 13.4 Å². The van der Waals surface area contributed by atoms with E-state index in [9.17, 15) is 9.59 Å². The average Bonchev–Trinajstić information content (AvgIpc) is 1.85. The van der Waals surface area contributed by atoms with Gasteiger partial charge in [-0.3, -0.25) is 4.79 Å². The Morgan fingerprint density at radius 3 is 2.25 bits per heavy atom. The van der Waals surface area contributed by atoms with Gasteiger partial charge in [-0.05, 0) is 20.8 Å². The Morgan fingerprint density at radius 1 is 1.42 bits per heavy atom. The van der Waals surface area contributed by atoms with Gasteiger partial charge in [-0.25, -0.2) is 4.79 Å². The average molecular weight is 173 g/mol. The Labute approximate surface area is 71.8 Å². The first-order valence-electron chi connectivity index (χ1n) is 3.62. The Morgan fingerprint density at radius 2 is 1.92 bits per heavy atom. The fourth-order valence-electron chi connectivity index (χ4n) is 0.419. The van der Waals surface area contributed by atoms with E-state index in [4.69, 9.17) is 4.74 Å². The highest BCUT2D eigenvalue weighted by molar-refractivity contribution is 5.75. The van der Waals surface area contributed by atoms with Crippen LogP contribution in [-0.4, -0.2) is 18.7 Å². The van der Waals surface area contributed by atoms with E-state index in [-0.39, 0.29) is 0 Å². The SMILES string of the molecule is CC(O[C]=O)OC(=O)C(C)(C)C. The molecule has 0 aliphatic carbocycles. The Hall–Kier alpha value is -1.06. The molecule has 1 atom stereocenters. The quantitative estimate of drug-likeness (QED) is 0.472. The van der Waals surface area contributed by atoms with Gasteiger partial charge in [0.2, 0.25) is 6.29 Å². The first-order valence-corrected chi connectivity index (χ1v) is 3.62. The third kappa shape index (κ3) is 3.95. The molecule has 0 saturated heterocycles. The highest BCUT2D eigenvalue weighted by atomic mass is 16.7. The normalized spacial score (nSPS) is 13.3. The minimum absolute atomic E-state index is 0.412. The summed E-state index contributed by atoms with van der Waals surface area (Å²) in [5.41, 5.74) is -0.583. The number of hydrogen-bond donors (Lipinski definition) is 0. The van der Waals surface area contributed by atoms with Crippen LogP contribution >= 0.6 is 0 Å². The number of hydrogen-bond acceptors (Lipinski definition) is 4. The first kappa shape index (κ1) is 10.9. The summed E-state index contributed by atoms with van der Waals surface area (Å²) >= 11 is 0. The number of esters is 1. The fourth-order valence-corrected chi connectivity index (χ4v) is 0.419. The van der Waals surface area contributed by atoms with Crippen LogP contribution in [0.2, 0.25) is 0 Å². The van der Waals surface area contributed by atoms with Crippen molar-refractivity contribution in [3.63, 3.8) is 0 Å². The van der Waals surface area contributed by atoms with E-state index in [1.54, 1.807) is 20.8 Å². The van der Waals surface area contributed by atoms with Crippen molar-refractivity contribution in [2.45, 2.75) is 34.0 Å². The highest BCUT2D eigenvalue weighted by Crippen LogP contribution is 2.16. The molecule has 0 rings (SSSR count). The predicted molar refractivity (Wildman–Crippen MR) is 41.8 cm³/mol. The van der Waals surface area contributed by atoms with Gasteiger partial charge in [-0.1, -0.05) is 0 Å². The number of carbonyl (C=O) groups excluding carboxylic acids is 2. The predicted octanol–water partition coefficient (Wildman–Crippen LogP) is 1.01. The van der Waals surface area contributed by atoms with E-state index in [0.29, 0.717) is 0 Å². The van der Waals surface area contributed by atoms with Gasteiger partial charge in [0.1, 0.15) is 0 Å². The lowest BCUT2D eigenvalue weighted by atomic mass is 9.97. The van der Waals surface area contributed by atoms with E-state index in [0.717, 1.165) is 0 Å². The van der Waals surface area contributed by atoms with Crippen molar-refractivity contribution in [3.05, 3.63) is 0 Å². The molecule has 69 valence electrons. The van der Waals surface area contributed by atoms with Gasteiger partial charge in [0.15, 0.2) is 0 Å². The van der Waals surface area contributed by atoms with Crippen molar-refractivity contribution in [1.29, 1.82) is 0 Å². The number of carbonyl (C=O) groups is 1. The topological polar surface area (TPSA) is 52.6 Å². The molecule has 0 aromatic heterocycles. The zero-order chi connectivity index (χ0) is 9.78. The van der Waals surface area contributed by atoms with Crippen molar-refractivity contribution in [3.8, 4) is 0 Å². The third-order valence-corrected chi connectivity index (χ3v) is 1.10. The van der Waals surface area contributed by atoms with Crippen LogP contribution < -0.4 is 0 Å². The molecule has 4 nitrogen and oxygen atoms in total. The van der Waals surface area contributed by atoms with Gasteiger partial charge in [-0.2, -0.15) is 0 Å². The van der Waals surface area contributed by atoms with Gasteiger partial charge in [0.25, 0.3) is 0 Å². The molecule has 0 N–H and O–H groups in total. The van der Waals surface area contributed by atoms with Gasteiger partial charge in [0.05, 0.1) is 5.41 Å². The second-order valence-electron chi connectivity index (χ2n) is 3.42. The van der Waals surface area contributed by atoms with Crippen LogP contribution in [0.4, 0.5) is 0 Å². The zero-order valence-electron chi connectivity index (χ0n) is 7.71. The minimum Gasteiger partial charge on any atom is -0.425 e. The summed E-state index contributed by atoms with van der Waals surface area (Å²) in [5, 5.41) is 0. The lowest BCUT2D eigenvalue weighted by Crippen LogP contribution is -2.27. The molecule has 1 radical (unpaired) electrons. The number of rotatable bonds is 3. The van der Waals surface area contributed by atoms with E-state index < -0.39 is 17.7 Å². The summed E-state index contributed by atoms with van der Waals surface area (Å²) in [6.07, 6.45) is -0.866. The van der Waals surface area contributed by atoms with E-state index >= 15 is 0 Å². The lowest BCUT2D eigenvalue weighted by Gasteiger charge is -2.18. The van der Waals surface area contributed by atoms with Crippen LogP contribution in [0.1, 0.15) is 27.7 Å². The minimum atomic E-state index is -0.866. The number of ether oxygens (including phenoxy) is 2. The van der Waals surface area contributed by atoms with Gasteiger partial charge in [-0.15, -0.1) is 0 Å². The molecule has 0 spiro atoms. The van der Waals surface area contributed by atoms with Crippen LogP contribution in [0.25, 0.3) is 0 Å². The molecule has 0 aliphatic rings. The first-order chi connectivity index (χ1) is 5.38. The van der Waals surface area contributed by atoms with Crippen LogP contribution in [0.15, 0.2) is 0 Å². The third-order valence-electron chi connectivity index (χ3n) is 1.10. The Bertz CT molecular complexity index is 168. The molecule has 0 heterocycles. The van der Waals surface area contributed by atoms with Crippen molar-refractivity contribution in [2.24, 2.45) is 5.41 Å². The lowest BCUT2D eigenvalue weighted by molar-refractivity contribution is -0.172. The Kier molecular flexibility index (Phi) is 3.73. The maximum absolute atomic E-state index is 11.1. The second kappa shape index (κ2) is 4.09. The van der Waals surface area contributed by atoms with Crippen LogP contribution in [-0.2, 0) is 19.1 Å². The summed E-state index contributed by atoms with van der Waals surface area (Å²) < 4.78 is 8.99. The largest absolute Gasteiger partial charge is 0.425 e. The van der Waals surface area contributed by atoms with Crippen molar-refractivity contribution in [2.75, 3.05) is 0 Å². The fraction of sp³-hybridized carbons (Fsp3) is 0.750. The highest BCUT2D eigenvalue weighted by Gasteiger charge is 2.25. The molecule has 0 amide bonds.